The highest BCUT2D eigenvalue weighted by molar-refractivity contribution is 5.99. The Morgan fingerprint density at radius 3 is 2.97 bits per heavy atom. The van der Waals surface area contributed by atoms with Gasteiger partial charge < -0.3 is 19.5 Å². The lowest BCUT2D eigenvalue weighted by atomic mass is 9.93. The average Bonchev–Trinajstić information content (AvgIpc) is 2.87. The SMILES string of the molecule is COc1ccc2nccc(NC(=O)CCC3CCCN(Cc4cc5c(cn4)OCCO5)C3)c2n1. The summed E-state index contributed by atoms with van der Waals surface area (Å²) in [5.74, 6) is 2.45. The molecule has 0 saturated carbocycles. The maximum Gasteiger partial charge on any atom is 0.224 e. The molecule has 5 heterocycles. The van der Waals surface area contributed by atoms with Crippen LogP contribution < -0.4 is 19.5 Å². The third-order valence-electron chi connectivity index (χ3n) is 6.30. The van der Waals surface area contributed by atoms with E-state index in [0.717, 1.165) is 50.3 Å². The van der Waals surface area contributed by atoms with Gasteiger partial charge >= 0.3 is 0 Å². The first-order valence-electron chi connectivity index (χ1n) is 11.7. The second-order valence-corrected chi connectivity index (χ2v) is 8.73. The summed E-state index contributed by atoms with van der Waals surface area (Å²) in [4.78, 5) is 28.4. The number of carbonyl (C=O) groups is 1. The van der Waals surface area contributed by atoms with Crippen molar-refractivity contribution in [3.05, 3.63) is 42.4 Å². The zero-order valence-electron chi connectivity index (χ0n) is 19.3. The fourth-order valence-corrected chi connectivity index (χ4v) is 4.61. The smallest absolute Gasteiger partial charge is 0.224 e. The lowest BCUT2D eigenvalue weighted by molar-refractivity contribution is -0.116. The number of amides is 1. The summed E-state index contributed by atoms with van der Waals surface area (Å²) in [6.45, 7) is 3.91. The van der Waals surface area contributed by atoms with Crippen molar-refractivity contribution in [2.24, 2.45) is 5.92 Å². The molecule has 0 radical (unpaired) electrons. The summed E-state index contributed by atoms with van der Waals surface area (Å²) in [5.41, 5.74) is 2.99. The first-order chi connectivity index (χ1) is 16.7. The Morgan fingerprint density at radius 1 is 1.21 bits per heavy atom. The summed E-state index contributed by atoms with van der Waals surface area (Å²) >= 11 is 0. The number of methoxy groups -OCH3 is 1. The van der Waals surface area contributed by atoms with Crippen LogP contribution in [0.5, 0.6) is 17.4 Å². The molecule has 0 bridgehead atoms. The Balaban J connectivity index is 1.15. The van der Waals surface area contributed by atoms with Crippen LogP contribution in [0.4, 0.5) is 5.69 Å². The van der Waals surface area contributed by atoms with Gasteiger partial charge in [0.1, 0.15) is 18.7 Å². The van der Waals surface area contributed by atoms with Crippen molar-refractivity contribution in [3.8, 4) is 17.4 Å². The highest BCUT2D eigenvalue weighted by Crippen LogP contribution is 2.30. The standard InChI is InChI=1S/C25H29N5O4/c1-32-24-7-5-19-25(29-24)20(8-9-26-19)28-23(31)6-4-17-3-2-10-30(15-17)16-18-13-21-22(14-27-18)34-12-11-33-21/h5,7-9,13-14,17H,2-4,6,10-12,15-16H2,1H3,(H,26,28,31). The van der Waals surface area contributed by atoms with E-state index in [9.17, 15) is 4.79 Å². The molecule has 1 amide bonds. The minimum atomic E-state index is -0.0113. The quantitative estimate of drug-likeness (QED) is 0.569. The Labute approximate surface area is 198 Å². The average molecular weight is 464 g/mol. The van der Waals surface area contributed by atoms with Gasteiger partial charge in [-0.15, -0.1) is 0 Å². The third-order valence-corrected chi connectivity index (χ3v) is 6.30. The van der Waals surface area contributed by atoms with Crippen molar-refractivity contribution in [3.63, 3.8) is 0 Å². The molecule has 1 fully saturated rings. The number of piperidine rings is 1. The molecule has 9 heteroatoms. The Hall–Kier alpha value is -3.46. The molecule has 178 valence electrons. The topological polar surface area (TPSA) is 98.7 Å². The number of ether oxygens (including phenoxy) is 3. The molecule has 0 aliphatic carbocycles. The number of nitrogens with zero attached hydrogens (tertiary/aromatic N) is 4. The van der Waals surface area contributed by atoms with Crippen LogP contribution in [0.1, 0.15) is 31.4 Å². The zero-order chi connectivity index (χ0) is 23.3. The number of likely N-dealkylation sites (tertiary alicyclic amines) is 1. The fourth-order valence-electron chi connectivity index (χ4n) is 4.61. The summed E-state index contributed by atoms with van der Waals surface area (Å²) < 4.78 is 16.5. The molecular weight excluding hydrogens is 434 g/mol. The van der Waals surface area contributed by atoms with Crippen molar-refractivity contribution in [1.29, 1.82) is 0 Å². The summed E-state index contributed by atoms with van der Waals surface area (Å²) in [6.07, 6.45) is 7.00. The van der Waals surface area contributed by atoms with E-state index in [1.54, 1.807) is 31.6 Å². The predicted octanol–water partition coefficient (Wildman–Crippen LogP) is 3.44. The van der Waals surface area contributed by atoms with E-state index < -0.39 is 0 Å². The van der Waals surface area contributed by atoms with Crippen molar-refractivity contribution >= 4 is 22.6 Å². The molecule has 3 aromatic heterocycles. The first-order valence-corrected chi connectivity index (χ1v) is 11.7. The molecule has 3 aromatic rings. The maximum absolute atomic E-state index is 12.7. The largest absolute Gasteiger partial charge is 0.486 e. The fraction of sp³-hybridized carbons (Fsp3) is 0.440. The van der Waals surface area contributed by atoms with E-state index in [-0.39, 0.29) is 5.91 Å². The normalized spacial score (nSPS) is 18.0. The molecule has 0 spiro atoms. The summed E-state index contributed by atoms with van der Waals surface area (Å²) in [7, 11) is 1.57. The van der Waals surface area contributed by atoms with Gasteiger partial charge in [0, 0.05) is 37.8 Å². The number of nitrogens with one attached hydrogen (secondary N) is 1. The number of hydrogen-bond donors (Lipinski definition) is 1. The van der Waals surface area contributed by atoms with Crippen LogP contribution in [0, 0.1) is 5.92 Å². The van der Waals surface area contributed by atoms with E-state index in [0.29, 0.717) is 53.9 Å². The third kappa shape index (κ3) is 5.20. The number of hydrogen-bond acceptors (Lipinski definition) is 8. The minimum absolute atomic E-state index is 0.0113. The van der Waals surface area contributed by atoms with Gasteiger partial charge in [-0.1, -0.05) is 0 Å². The number of aromatic nitrogens is 3. The first kappa shape index (κ1) is 22.3. The molecule has 5 rings (SSSR count). The second kappa shape index (κ2) is 10.2. The van der Waals surface area contributed by atoms with Gasteiger partial charge in [-0.2, -0.15) is 0 Å². The molecule has 9 nitrogen and oxygen atoms in total. The molecule has 1 unspecified atom stereocenters. The minimum Gasteiger partial charge on any atom is -0.486 e. The molecule has 2 aliphatic rings. The van der Waals surface area contributed by atoms with Crippen LogP contribution in [0.15, 0.2) is 36.7 Å². The van der Waals surface area contributed by atoms with E-state index in [2.05, 4.69) is 25.2 Å². The lowest BCUT2D eigenvalue weighted by Crippen LogP contribution is -2.35. The maximum atomic E-state index is 12.7. The molecule has 0 aromatic carbocycles. The number of rotatable bonds is 7. The summed E-state index contributed by atoms with van der Waals surface area (Å²) in [5, 5.41) is 3.01. The van der Waals surface area contributed by atoms with Gasteiger partial charge in [0.25, 0.3) is 0 Å². The van der Waals surface area contributed by atoms with Crippen molar-refractivity contribution in [2.75, 3.05) is 38.7 Å². The van der Waals surface area contributed by atoms with Gasteiger partial charge in [0.2, 0.25) is 11.8 Å². The number of pyridine rings is 3. The van der Waals surface area contributed by atoms with E-state index in [4.69, 9.17) is 14.2 Å². The molecule has 34 heavy (non-hydrogen) atoms. The van der Waals surface area contributed by atoms with E-state index in [1.807, 2.05) is 12.1 Å². The summed E-state index contributed by atoms with van der Waals surface area (Å²) in [6, 6.07) is 7.35. The van der Waals surface area contributed by atoms with Crippen LogP contribution in [-0.2, 0) is 11.3 Å². The number of fused-ring (bicyclic) bond motifs is 2. The van der Waals surface area contributed by atoms with Gasteiger partial charge in [-0.25, -0.2) is 4.98 Å². The van der Waals surface area contributed by atoms with Gasteiger partial charge in [0.05, 0.1) is 30.2 Å². The predicted molar refractivity (Wildman–Crippen MR) is 127 cm³/mol. The van der Waals surface area contributed by atoms with E-state index >= 15 is 0 Å². The number of anilines is 1. The monoisotopic (exact) mass is 463 g/mol. The van der Waals surface area contributed by atoms with Crippen molar-refractivity contribution in [1.82, 2.24) is 19.9 Å². The Bertz CT molecular complexity index is 1170. The molecule has 1 atom stereocenters. The lowest BCUT2D eigenvalue weighted by Gasteiger charge is -2.32. The highest BCUT2D eigenvalue weighted by Gasteiger charge is 2.22. The zero-order valence-corrected chi connectivity index (χ0v) is 19.3. The van der Waals surface area contributed by atoms with Crippen LogP contribution in [0.25, 0.3) is 11.0 Å². The Morgan fingerprint density at radius 2 is 2.09 bits per heavy atom. The molecule has 1 N–H and O–H groups in total. The van der Waals surface area contributed by atoms with Crippen LogP contribution >= 0.6 is 0 Å². The Kier molecular flexibility index (Phi) is 6.71. The van der Waals surface area contributed by atoms with Crippen LogP contribution in [0.2, 0.25) is 0 Å². The molecular formula is C25H29N5O4. The van der Waals surface area contributed by atoms with Crippen LogP contribution in [-0.4, -0.2) is 59.2 Å². The van der Waals surface area contributed by atoms with Crippen molar-refractivity contribution in [2.45, 2.75) is 32.2 Å². The number of carbonyl (C=O) groups excluding carboxylic acids is 1. The van der Waals surface area contributed by atoms with Gasteiger partial charge in [-0.3, -0.25) is 19.7 Å². The molecule has 2 aliphatic heterocycles. The van der Waals surface area contributed by atoms with Crippen molar-refractivity contribution < 1.29 is 19.0 Å². The van der Waals surface area contributed by atoms with E-state index in [1.165, 1.54) is 0 Å². The van der Waals surface area contributed by atoms with Crippen LogP contribution in [0.3, 0.4) is 0 Å². The molecule has 1 saturated heterocycles. The highest BCUT2D eigenvalue weighted by atomic mass is 16.6. The van der Waals surface area contributed by atoms with Gasteiger partial charge in [0.15, 0.2) is 11.5 Å². The second-order valence-electron chi connectivity index (χ2n) is 8.73. The van der Waals surface area contributed by atoms with Gasteiger partial charge in [-0.05, 0) is 43.9 Å².